The summed E-state index contributed by atoms with van der Waals surface area (Å²) in [5.74, 6) is 0.850. The normalized spacial score (nSPS) is 10.8. The van der Waals surface area contributed by atoms with Gasteiger partial charge in [0.2, 0.25) is 0 Å². The number of rotatable bonds is 5. The predicted molar refractivity (Wildman–Crippen MR) is 114 cm³/mol. The lowest BCUT2D eigenvalue weighted by Crippen LogP contribution is -2.30. The Morgan fingerprint density at radius 3 is 2.69 bits per heavy atom. The van der Waals surface area contributed by atoms with Crippen LogP contribution in [0.5, 0.6) is 5.75 Å². The third-order valence-corrected chi connectivity index (χ3v) is 5.15. The van der Waals surface area contributed by atoms with Gasteiger partial charge in [-0.1, -0.05) is 23.2 Å². The zero-order valence-corrected chi connectivity index (χ0v) is 16.8. The Kier molecular flexibility index (Phi) is 5.91. The van der Waals surface area contributed by atoms with Crippen LogP contribution >= 0.6 is 35.4 Å². The quantitative estimate of drug-likeness (QED) is 0.500. The number of aromatic amines is 1. The molecule has 0 unspecified atom stereocenters. The molecule has 0 bridgehead atoms. The van der Waals surface area contributed by atoms with Gasteiger partial charge in [0.25, 0.3) is 0 Å². The standard InChI is InChI=1S/C19H19Cl2N3OS/c1-11-14(15-10-13(25-2)4-6-18(15)23-11)7-8-22-19(26)24-12-3-5-16(20)17(21)9-12/h3-6,9-10,23H,7-8H2,1-2H3,(H2,22,24,26). The Labute approximate surface area is 167 Å². The van der Waals surface area contributed by atoms with E-state index in [-0.39, 0.29) is 0 Å². The van der Waals surface area contributed by atoms with Crippen molar-refractivity contribution in [2.75, 3.05) is 19.0 Å². The van der Waals surface area contributed by atoms with E-state index >= 15 is 0 Å². The van der Waals surface area contributed by atoms with Gasteiger partial charge in [-0.15, -0.1) is 0 Å². The molecule has 7 heteroatoms. The van der Waals surface area contributed by atoms with Crippen molar-refractivity contribution in [3.63, 3.8) is 0 Å². The van der Waals surface area contributed by atoms with Gasteiger partial charge in [-0.25, -0.2) is 0 Å². The van der Waals surface area contributed by atoms with Gasteiger partial charge in [0.1, 0.15) is 5.75 Å². The number of aryl methyl sites for hydroxylation is 1. The van der Waals surface area contributed by atoms with Crippen LogP contribution in [0.3, 0.4) is 0 Å². The van der Waals surface area contributed by atoms with Crippen LogP contribution in [-0.2, 0) is 6.42 Å². The second-order valence-corrected chi connectivity index (χ2v) is 7.12. The molecular formula is C19H19Cl2N3OS. The lowest BCUT2D eigenvalue weighted by Gasteiger charge is -2.11. The first-order valence-electron chi connectivity index (χ1n) is 8.13. The second kappa shape index (κ2) is 8.16. The Morgan fingerprint density at radius 2 is 1.96 bits per heavy atom. The van der Waals surface area contributed by atoms with Crippen LogP contribution in [-0.4, -0.2) is 23.8 Å². The highest BCUT2D eigenvalue weighted by molar-refractivity contribution is 7.80. The fourth-order valence-electron chi connectivity index (χ4n) is 2.86. The Bertz CT molecular complexity index is 955. The molecule has 26 heavy (non-hydrogen) atoms. The fraction of sp³-hybridized carbons (Fsp3) is 0.211. The van der Waals surface area contributed by atoms with Crippen LogP contribution in [0.4, 0.5) is 5.69 Å². The third kappa shape index (κ3) is 4.23. The van der Waals surface area contributed by atoms with E-state index in [2.05, 4.69) is 28.6 Å². The van der Waals surface area contributed by atoms with E-state index in [0.717, 1.165) is 29.1 Å². The average molecular weight is 408 g/mol. The topological polar surface area (TPSA) is 49.1 Å². The minimum absolute atomic E-state index is 0.489. The molecule has 0 aliphatic carbocycles. The molecular weight excluding hydrogens is 389 g/mol. The fourth-order valence-corrected chi connectivity index (χ4v) is 3.38. The molecule has 0 amide bonds. The van der Waals surface area contributed by atoms with Crippen LogP contribution in [0.25, 0.3) is 10.9 Å². The summed E-state index contributed by atoms with van der Waals surface area (Å²) < 4.78 is 5.33. The van der Waals surface area contributed by atoms with Crippen molar-refractivity contribution in [1.82, 2.24) is 10.3 Å². The highest BCUT2D eigenvalue weighted by atomic mass is 35.5. The van der Waals surface area contributed by atoms with Crippen molar-refractivity contribution in [2.24, 2.45) is 0 Å². The zero-order valence-electron chi connectivity index (χ0n) is 14.5. The molecule has 0 aliphatic heterocycles. The van der Waals surface area contributed by atoms with Crippen molar-refractivity contribution in [3.8, 4) is 5.75 Å². The molecule has 3 N–H and O–H groups in total. The number of thiocarbonyl (C=S) groups is 1. The molecule has 1 heterocycles. The van der Waals surface area contributed by atoms with Crippen LogP contribution in [0, 0.1) is 6.92 Å². The van der Waals surface area contributed by atoms with E-state index in [9.17, 15) is 0 Å². The molecule has 0 saturated heterocycles. The first kappa shape index (κ1) is 18.8. The van der Waals surface area contributed by atoms with Crippen LogP contribution in [0.15, 0.2) is 36.4 Å². The van der Waals surface area contributed by atoms with E-state index in [1.165, 1.54) is 10.9 Å². The minimum Gasteiger partial charge on any atom is -0.497 e. The van der Waals surface area contributed by atoms with Gasteiger partial charge in [-0.2, -0.15) is 0 Å². The maximum Gasteiger partial charge on any atom is 0.170 e. The van der Waals surface area contributed by atoms with Crippen molar-refractivity contribution < 1.29 is 4.74 Å². The Hall–Kier alpha value is -1.95. The third-order valence-electron chi connectivity index (χ3n) is 4.16. The largest absolute Gasteiger partial charge is 0.497 e. The maximum absolute atomic E-state index is 6.02. The van der Waals surface area contributed by atoms with E-state index in [1.54, 1.807) is 19.2 Å². The van der Waals surface area contributed by atoms with Gasteiger partial charge in [0, 0.05) is 28.8 Å². The molecule has 3 aromatic rings. The number of hydrogen-bond donors (Lipinski definition) is 3. The summed E-state index contributed by atoms with van der Waals surface area (Å²) in [4.78, 5) is 3.41. The zero-order chi connectivity index (χ0) is 18.7. The summed E-state index contributed by atoms with van der Waals surface area (Å²) in [6.07, 6.45) is 0.836. The van der Waals surface area contributed by atoms with Gasteiger partial charge in [-0.3, -0.25) is 0 Å². The number of aromatic nitrogens is 1. The van der Waals surface area contributed by atoms with E-state index in [4.69, 9.17) is 40.2 Å². The Morgan fingerprint density at radius 1 is 1.15 bits per heavy atom. The molecule has 0 spiro atoms. The lowest BCUT2D eigenvalue weighted by atomic mass is 10.1. The smallest absolute Gasteiger partial charge is 0.170 e. The number of fused-ring (bicyclic) bond motifs is 1. The molecule has 4 nitrogen and oxygen atoms in total. The molecule has 0 radical (unpaired) electrons. The van der Waals surface area contributed by atoms with E-state index in [0.29, 0.717) is 21.7 Å². The summed E-state index contributed by atoms with van der Waals surface area (Å²) in [7, 11) is 1.68. The minimum atomic E-state index is 0.489. The molecule has 2 aromatic carbocycles. The van der Waals surface area contributed by atoms with Crippen LogP contribution in [0.2, 0.25) is 10.0 Å². The lowest BCUT2D eigenvalue weighted by molar-refractivity contribution is 0.415. The molecule has 3 rings (SSSR count). The predicted octanol–water partition coefficient (Wildman–Crippen LogP) is 5.32. The van der Waals surface area contributed by atoms with Crippen molar-refractivity contribution in [2.45, 2.75) is 13.3 Å². The van der Waals surface area contributed by atoms with Gasteiger partial charge in [0.05, 0.1) is 17.2 Å². The number of benzene rings is 2. The number of anilines is 1. The second-order valence-electron chi connectivity index (χ2n) is 5.90. The van der Waals surface area contributed by atoms with Crippen molar-refractivity contribution in [1.29, 1.82) is 0 Å². The van der Waals surface area contributed by atoms with Crippen LogP contribution < -0.4 is 15.4 Å². The molecule has 0 saturated carbocycles. The first-order chi connectivity index (χ1) is 12.5. The van der Waals surface area contributed by atoms with Gasteiger partial charge >= 0.3 is 0 Å². The first-order valence-corrected chi connectivity index (χ1v) is 9.29. The highest BCUT2D eigenvalue weighted by Gasteiger charge is 2.10. The van der Waals surface area contributed by atoms with Gasteiger partial charge < -0.3 is 20.4 Å². The average Bonchev–Trinajstić information content (AvgIpc) is 2.93. The molecule has 0 fully saturated rings. The summed E-state index contributed by atoms with van der Waals surface area (Å²) in [6.45, 7) is 2.78. The van der Waals surface area contributed by atoms with Crippen molar-refractivity contribution in [3.05, 3.63) is 57.7 Å². The summed E-state index contributed by atoms with van der Waals surface area (Å²) in [5.41, 5.74) is 4.31. The summed E-state index contributed by atoms with van der Waals surface area (Å²) >= 11 is 17.3. The number of methoxy groups -OCH3 is 1. The summed E-state index contributed by atoms with van der Waals surface area (Å²) in [5, 5.41) is 9.05. The molecule has 1 aromatic heterocycles. The number of H-pyrrole nitrogens is 1. The molecule has 0 aliphatic rings. The van der Waals surface area contributed by atoms with E-state index in [1.807, 2.05) is 18.2 Å². The summed E-state index contributed by atoms with van der Waals surface area (Å²) in [6, 6.07) is 11.4. The molecule has 0 atom stereocenters. The maximum atomic E-state index is 6.02. The van der Waals surface area contributed by atoms with Gasteiger partial charge in [-0.05, 0) is 67.5 Å². The van der Waals surface area contributed by atoms with Gasteiger partial charge in [0.15, 0.2) is 5.11 Å². The SMILES string of the molecule is COc1ccc2[nH]c(C)c(CCNC(=S)Nc3ccc(Cl)c(Cl)c3)c2c1. The highest BCUT2D eigenvalue weighted by Crippen LogP contribution is 2.27. The molecule has 136 valence electrons. The van der Waals surface area contributed by atoms with Crippen LogP contribution in [0.1, 0.15) is 11.3 Å². The van der Waals surface area contributed by atoms with Crippen molar-refractivity contribution >= 4 is 57.1 Å². The number of ether oxygens (including phenoxy) is 1. The number of halogens is 2. The van der Waals surface area contributed by atoms with E-state index < -0.39 is 0 Å². The number of hydrogen-bond acceptors (Lipinski definition) is 2. The Balaban J connectivity index is 1.62. The monoisotopic (exact) mass is 407 g/mol. The number of nitrogens with one attached hydrogen (secondary N) is 3.